The number of aliphatic hydroxyl groups excluding tert-OH is 1. The van der Waals surface area contributed by atoms with Crippen molar-refractivity contribution in [3.05, 3.63) is 16.5 Å². The van der Waals surface area contributed by atoms with Crippen molar-refractivity contribution >= 4 is 17.4 Å². The van der Waals surface area contributed by atoms with Gasteiger partial charge in [-0.2, -0.15) is 0 Å². The van der Waals surface area contributed by atoms with Crippen LogP contribution in [0.3, 0.4) is 0 Å². The number of halogens is 1. The molecular weight excluding hydrogens is 290 g/mol. The molecule has 1 saturated heterocycles. The molecule has 1 aliphatic carbocycles. The largest absolute Gasteiger partial charge is 0.394 e. The quantitative estimate of drug-likeness (QED) is 0.868. The normalized spacial score (nSPS) is 25.2. The van der Waals surface area contributed by atoms with Gasteiger partial charge in [-0.25, -0.2) is 9.97 Å². The number of hydrogen-bond acceptors (Lipinski definition) is 5. The average molecular weight is 312 g/mol. The van der Waals surface area contributed by atoms with E-state index in [0.717, 1.165) is 36.6 Å². The van der Waals surface area contributed by atoms with Gasteiger partial charge in [0.2, 0.25) is 0 Å². The van der Waals surface area contributed by atoms with Crippen molar-refractivity contribution in [3.8, 4) is 0 Å². The molecule has 1 N–H and O–H groups in total. The lowest BCUT2D eigenvalue weighted by atomic mass is 10.0. The molecule has 2 heterocycles. The van der Waals surface area contributed by atoms with Gasteiger partial charge in [0.25, 0.3) is 0 Å². The minimum atomic E-state index is -0.324. The molecule has 2 aliphatic rings. The highest BCUT2D eigenvalue weighted by Gasteiger charge is 2.35. The fraction of sp³-hybridized carbons (Fsp3) is 0.733. The van der Waals surface area contributed by atoms with Crippen molar-refractivity contribution in [2.45, 2.75) is 51.2 Å². The van der Waals surface area contributed by atoms with Gasteiger partial charge in [-0.1, -0.05) is 11.6 Å². The highest BCUT2D eigenvalue weighted by atomic mass is 35.5. The number of anilines is 1. The molecule has 2 fully saturated rings. The second-order valence-corrected chi connectivity index (χ2v) is 7.02. The minimum Gasteiger partial charge on any atom is -0.394 e. The van der Waals surface area contributed by atoms with Gasteiger partial charge in [-0.15, -0.1) is 0 Å². The van der Waals surface area contributed by atoms with Crippen LogP contribution in [0.15, 0.2) is 0 Å². The Morgan fingerprint density at radius 2 is 2.10 bits per heavy atom. The molecule has 116 valence electrons. The molecule has 0 bridgehead atoms. The first-order valence-electron chi connectivity index (χ1n) is 7.47. The smallest absolute Gasteiger partial charge is 0.137 e. The molecule has 0 aromatic carbocycles. The number of aromatic nitrogens is 2. The summed E-state index contributed by atoms with van der Waals surface area (Å²) >= 11 is 6.29. The molecule has 1 aliphatic heterocycles. The summed E-state index contributed by atoms with van der Waals surface area (Å²) in [6.07, 6.45) is 2.09. The summed E-state index contributed by atoms with van der Waals surface area (Å²) < 4.78 is 5.87. The van der Waals surface area contributed by atoms with Crippen LogP contribution >= 0.6 is 11.6 Å². The van der Waals surface area contributed by atoms with E-state index in [0.29, 0.717) is 17.6 Å². The van der Waals surface area contributed by atoms with Gasteiger partial charge in [0.15, 0.2) is 0 Å². The Labute approximate surface area is 130 Å². The zero-order valence-corrected chi connectivity index (χ0v) is 13.5. The third kappa shape index (κ3) is 3.15. The van der Waals surface area contributed by atoms with Crippen molar-refractivity contribution in [2.24, 2.45) is 0 Å². The van der Waals surface area contributed by atoms with E-state index in [1.807, 2.05) is 20.8 Å². The molecule has 1 aromatic rings. The molecule has 1 atom stereocenters. The monoisotopic (exact) mass is 311 g/mol. The molecule has 3 rings (SSSR count). The first kappa shape index (κ1) is 15.0. The molecule has 0 spiro atoms. The average Bonchev–Trinajstić information content (AvgIpc) is 3.24. The lowest BCUT2D eigenvalue weighted by molar-refractivity contribution is -0.101. The summed E-state index contributed by atoms with van der Waals surface area (Å²) in [4.78, 5) is 11.3. The Hall–Kier alpha value is -0.910. The maximum Gasteiger partial charge on any atom is 0.137 e. The van der Waals surface area contributed by atoms with Crippen LogP contribution in [-0.4, -0.2) is 46.5 Å². The van der Waals surface area contributed by atoms with E-state index >= 15 is 0 Å². The molecule has 21 heavy (non-hydrogen) atoms. The third-order valence-corrected chi connectivity index (χ3v) is 4.37. The Morgan fingerprint density at radius 3 is 2.71 bits per heavy atom. The summed E-state index contributed by atoms with van der Waals surface area (Å²) in [5.74, 6) is 2.20. The van der Waals surface area contributed by atoms with Gasteiger partial charge in [-0.3, -0.25) is 0 Å². The molecule has 1 unspecified atom stereocenters. The summed E-state index contributed by atoms with van der Waals surface area (Å²) in [5.41, 5.74) is 0.574. The summed E-state index contributed by atoms with van der Waals surface area (Å²) in [5, 5.41) is 9.99. The summed E-state index contributed by atoms with van der Waals surface area (Å²) in [6.45, 7) is 7.36. The van der Waals surface area contributed by atoms with Crippen LogP contribution < -0.4 is 4.90 Å². The predicted octanol–water partition coefficient (Wildman–Crippen LogP) is 2.29. The van der Waals surface area contributed by atoms with Crippen LogP contribution in [0.25, 0.3) is 0 Å². The zero-order valence-electron chi connectivity index (χ0n) is 12.8. The number of rotatable bonds is 3. The molecule has 0 amide bonds. The number of ether oxygens (including phenoxy) is 1. The van der Waals surface area contributed by atoms with Gasteiger partial charge in [0, 0.05) is 24.6 Å². The van der Waals surface area contributed by atoms with E-state index in [4.69, 9.17) is 21.3 Å². The zero-order chi connectivity index (χ0) is 15.2. The fourth-order valence-corrected chi connectivity index (χ4v) is 3.05. The van der Waals surface area contributed by atoms with Gasteiger partial charge >= 0.3 is 0 Å². The third-order valence-electron chi connectivity index (χ3n) is 4.01. The van der Waals surface area contributed by atoms with E-state index in [9.17, 15) is 5.11 Å². The number of aliphatic hydroxyl groups is 1. The van der Waals surface area contributed by atoms with E-state index in [2.05, 4.69) is 9.88 Å². The topological polar surface area (TPSA) is 58.5 Å². The SMILES string of the molecule is Cc1c(Cl)nc(C2CC2)nc1N1CC(CO)OC(C)(C)C1. The molecule has 5 nitrogen and oxygen atoms in total. The molecule has 6 heteroatoms. The maximum absolute atomic E-state index is 9.45. The second-order valence-electron chi connectivity index (χ2n) is 6.66. The van der Waals surface area contributed by atoms with Crippen LogP contribution in [0.5, 0.6) is 0 Å². The van der Waals surface area contributed by atoms with Crippen molar-refractivity contribution in [1.29, 1.82) is 0 Å². The minimum absolute atomic E-state index is 0.00722. The summed E-state index contributed by atoms with van der Waals surface area (Å²) in [6, 6.07) is 0. The lowest BCUT2D eigenvalue weighted by Crippen LogP contribution is -2.54. The van der Waals surface area contributed by atoms with Crippen LogP contribution in [0.4, 0.5) is 5.82 Å². The first-order chi connectivity index (χ1) is 9.89. The van der Waals surface area contributed by atoms with E-state index < -0.39 is 0 Å². The van der Waals surface area contributed by atoms with Crippen molar-refractivity contribution < 1.29 is 9.84 Å². The van der Waals surface area contributed by atoms with Crippen LogP contribution in [0.1, 0.15) is 44.0 Å². The van der Waals surface area contributed by atoms with Crippen LogP contribution in [0.2, 0.25) is 5.15 Å². The van der Waals surface area contributed by atoms with Gasteiger partial charge in [0.1, 0.15) is 16.8 Å². The molecule has 1 saturated carbocycles. The van der Waals surface area contributed by atoms with E-state index in [-0.39, 0.29) is 18.3 Å². The Morgan fingerprint density at radius 1 is 1.38 bits per heavy atom. The second kappa shape index (κ2) is 5.38. The number of nitrogens with zero attached hydrogens (tertiary/aromatic N) is 3. The first-order valence-corrected chi connectivity index (χ1v) is 7.85. The maximum atomic E-state index is 9.45. The van der Waals surface area contributed by atoms with Crippen LogP contribution in [0, 0.1) is 6.92 Å². The lowest BCUT2D eigenvalue weighted by Gasteiger charge is -2.43. The van der Waals surface area contributed by atoms with Crippen molar-refractivity contribution in [3.63, 3.8) is 0 Å². The molecule has 1 aromatic heterocycles. The Bertz CT molecular complexity index is 546. The highest BCUT2D eigenvalue weighted by molar-refractivity contribution is 6.30. The van der Waals surface area contributed by atoms with Gasteiger partial charge < -0.3 is 14.7 Å². The Balaban J connectivity index is 1.94. The standard InChI is InChI=1S/C15H22ClN3O2/c1-9-12(16)17-13(10-4-5-10)18-14(9)19-6-11(7-20)21-15(2,3)8-19/h10-11,20H,4-8H2,1-3H3. The number of morpholine rings is 1. The fourth-order valence-electron chi connectivity index (χ4n) is 2.88. The number of hydrogen-bond donors (Lipinski definition) is 1. The Kier molecular flexibility index (Phi) is 3.84. The van der Waals surface area contributed by atoms with Crippen molar-refractivity contribution in [1.82, 2.24) is 9.97 Å². The van der Waals surface area contributed by atoms with E-state index in [1.165, 1.54) is 0 Å². The van der Waals surface area contributed by atoms with Gasteiger partial charge in [0.05, 0.1) is 18.3 Å². The van der Waals surface area contributed by atoms with Gasteiger partial charge in [-0.05, 0) is 33.6 Å². The van der Waals surface area contributed by atoms with E-state index in [1.54, 1.807) is 0 Å². The predicted molar refractivity (Wildman–Crippen MR) is 82.0 cm³/mol. The highest BCUT2D eigenvalue weighted by Crippen LogP contribution is 2.40. The van der Waals surface area contributed by atoms with Crippen LogP contribution in [-0.2, 0) is 4.74 Å². The summed E-state index contributed by atoms with van der Waals surface area (Å²) in [7, 11) is 0. The van der Waals surface area contributed by atoms with Crippen molar-refractivity contribution in [2.75, 3.05) is 24.6 Å². The molecule has 0 radical (unpaired) electrons. The molecular formula is C15H22ClN3O2.